The maximum Gasteiger partial charge on any atom is 0.190 e. The first-order valence-corrected chi connectivity index (χ1v) is 5.58. The summed E-state index contributed by atoms with van der Waals surface area (Å²) in [5, 5.41) is 4.09. The Labute approximate surface area is 99.3 Å². The van der Waals surface area contributed by atoms with Crippen LogP contribution < -0.4 is 0 Å². The third-order valence-corrected chi connectivity index (χ3v) is 2.44. The van der Waals surface area contributed by atoms with E-state index >= 15 is 0 Å². The lowest BCUT2D eigenvalue weighted by Gasteiger charge is -2.02. The molecular weight excluding hydrogens is 218 g/mol. The minimum Gasteiger partial charge on any atom is -0.340 e. The van der Waals surface area contributed by atoms with Crippen LogP contribution in [-0.2, 0) is 20.0 Å². The van der Waals surface area contributed by atoms with Crippen molar-refractivity contribution in [2.75, 3.05) is 0 Å². The van der Waals surface area contributed by atoms with Crippen molar-refractivity contribution in [2.45, 2.75) is 26.3 Å². The zero-order valence-electron chi connectivity index (χ0n) is 10.00. The highest BCUT2D eigenvalue weighted by Crippen LogP contribution is 2.03. The van der Waals surface area contributed by atoms with Gasteiger partial charge in [0, 0.05) is 19.8 Å². The monoisotopic (exact) mass is 233 g/mol. The van der Waals surface area contributed by atoms with Gasteiger partial charge in [0.05, 0.1) is 12.7 Å². The summed E-state index contributed by atoms with van der Waals surface area (Å²) < 4.78 is 3.52. The zero-order valence-corrected chi connectivity index (χ0v) is 10.00. The van der Waals surface area contributed by atoms with Crippen LogP contribution in [0.15, 0.2) is 18.9 Å². The van der Waals surface area contributed by atoms with Crippen LogP contribution in [0, 0.1) is 0 Å². The lowest BCUT2D eigenvalue weighted by molar-refractivity contribution is 0.0985. The van der Waals surface area contributed by atoms with Crippen LogP contribution in [0.25, 0.3) is 0 Å². The first-order chi connectivity index (χ1) is 8.20. The predicted octanol–water partition coefficient (Wildman–Crippen LogP) is 0.847. The van der Waals surface area contributed by atoms with Crippen LogP contribution in [-0.4, -0.2) is 30.1 Å². The number of carbonyl (C=O) groups is 1. The number of hydrogen-bond donors (Lipinski definition) is 0. The molecule has 2 rings (SSSR count). The lowest BCUT2D eigenvalue weighted by Crippen LogP contribution is -2.11. The first kappa shape index (κ1) is 11.5. The van der Waals surface area contributed by atoms with E-state index in [1.54, 1.807) is 21.8 Å². The summed E-state index contributed by atoms with van der Waals surface area (Å²) in [4.78, 5) is 20.1. The normalized spacial score (nSPS) is 10.7. The number of nitrogens with zero attached hydrogens (tertiary/aromatic N) is 5. The summed E-state index contributed by atoms with van der Waals surface area (Å²) in [6, 6.07) is 0. The van der Waals surface area contributed by atoms with Gasteiger partial charge in [0.1, 0.15) is 17.8 Å². The molecule has 6 heteroatoms. The van der Waals surface area contributed by atoms with E-state index in [0.29, 0.717) is 11.5 Å². The Kier molecular flexibility index (Phi) is 3.32. The Balaban J connectivity index is 2.10. The summed E-state index contributed by atoms with van der Waals surface area (Å²) in [5.74, 6) is 0.665. The molecule has 0 atom stereocenters. The molecule has 2 heterocycles. The molecule has 0 N–H and O–H groups in total. The van der Waals surface area contributed by atoms with Crippen molar-refractivity contribution in [1.82, 2.24) is 24.3 Å². The Morgan fingerprint density at radius 3 is 2.88 bits per heavy atom. The van der Waals surface area contributed by atoms with Gasteiger partial charge in [-0.3, -0.25) is 4.79 Å². The maximum absolute atomic E-state index is 11.9. The molecule has 0 fully saturated rings. The average Bonchev–Trinajstić information content (AvgIpc) is 2.89. The van der Waals surface area contributed by atoms with E-state index in [1.165, 1.54) is 6.33 Å². The van der Waals surface area contributed by atoms with Gasteiger partial charge in [-0.1, -0.05) is 6.92 Å². The molecule has 0 saturated carbocycles. The molecular formula is C11H15N5O. The summed E-state index contributed by atoms with van der Waals surface area (Å²) in [5.41, 5.74) is 0.471. The lowest BCUT2D eigenvalue weighted by atomic mass is 10.2. The van der Waals surface area contributed by atoms with E-state index in [-0.39, 0.29) is 12.2 Å². The maximum atomic E-state index is 11.9. The third-order valence-electron chi connectivity index (χ3n) is 2.44. The quantitative estimate of drug-likeness (QED) is 0.718. The molecule has 90 valence electrons. The number of Topliss-reactive ketones (excluding diaryl/α,β-unsaturated/α-hetero) is 1. The molecule has 0 amide bonds. The second-order valence-electron chi connectivity index (χ2n) is 3.92. The molecule has 0 aliphatic carbocycles. The van der Waals surface area contributed by atoms with Crippen LogP contribution in [0.2, 0.25) is 0 Å². The number of aryl methyl sites for hydroxylation is 2. The summed E-state index contributed by atoms with van der Waals surface area (Å²) in [6.07, 6.45) is 6.02. The third kappa shape index (κ3) is 2.58. The molecule has 2 aromatic rings. The second kappa shape index (κ2) is 4.90. The van der Waals surface area contributed by atoms with E-state index in [0.717, 1.165) is 13.0 Å². The Morgan fingerprint density at radius 1 is 1.41 bits per heavy atom. The van der Waals surface area contributed by atoms with Gasteiger partial charge in [0.2, 0.25) is 0 Å². The van der Waals surface area contributed by atoms with E-state index in [1.807, 2.05) is 7.05 Å². The number of rotatable bonds is 5. The van der Waals surface area contributed by atoms with Gasteiger partial charge >= 0.3 is 0 Å². The zero-order chi connectivity index (χ0) is 12.3. The van der Waals surface area contributed by atoms with Crippen LogP contribution >= 0.6 is 0 Å². The molecule has 0 spiro atoms. The molecule has 17 heavy (non-hydrogen) atoms. The van der Waals surface area contributed by atoms with Crippen LogP contribution in [0.5, 0.6) is 0 Å². The molecule has 0 saturated heterocycles. The summed E-state index contributed by atoms with van der Waals surface area (Å²) >= 11 is 0. The van der Waals surface area contributed by atoms with Crippen molar-refractivity contribution in [3.63, 3.8) is 0 Å². The molecule has 6 nitrogen and oxygen atoms in total. The Bertz CT molecular complexity index is 513. The van der Waals surface area contributed by atoms with Crippen molar-refractivity contribution in [3.05, 3.63) is 30.4 Å². The topological polar surface area (TPSA) is 65.6 Å². The predicted molar refractivity (Wildman–Crippen MR) is 61.6 cm³/mol. The highest BCUT2D eigenvalue weighted by molar-refractivity contribution is 5.95. The largest absolute Gasteiger partial charge is 0.340 e. The van der Waals surface area contributed by atoms with Crippen LogP contribution in [0.1, 0.15) is 29.7 Å². The average molecular weight is 233 g/mol. The van der Waals surface area contributed by atoms with Crippen LogP contribution in [0.4, 0.5) is 0 Å². The van der Waals surface area contributed by atoms with Crippen molar-refractivity contribution in [3.8, 4) is 0 Å². The Hall–Kier alpha value is -1.98. The molecule has 0 bridgehead atoms. The fraction of sp³-hybridized carbons (Fsp3) is 0.455. The molecule has 0 aromatic carbocycles. The van der Waals surface area contributed by atoms with Crippen LogP contribution in [0.3, 0.4) is 0 Å². The van der Waals surface area contributed by atoms with Gasteiger partial charge in [0.25, 0.3) is 0 Å². The number of ketones is 1. The smallest absolute Gasteiger partial charge is 0.190 e. The van der Waals surface area contributed by atoms with Crippen molar-refractivity contribution < 1.29 is 4.79 Å². The molecule has 0 unspecified atom stereocenters. The van der Waals surface area contributed by atoms with Gasteiger partial charge in [0.15, 0.2) is 5.78 Å². The number of hydrogen-bond acceptors (Lipinski definition) is 4. The number of carbonyl (C=O) groups excluding carboxylic acids is 1. The summed E-state index contributed by atoms with van der Waals surface area (Å²) in [6.45, 7) is 2.84. The fourth-order valence-corrected chi connectivity index (χ4v) is 1.61. The minimum atomic E-state index is -0.0315. The van der Waals surface area contributed by atoms with Crippen molar-refractivity contribution in [1.29, 1.82) is 0 Å². The van der Waals surface area contributed by atoms with Crippen molar-refractivity contribution >= 4 is 5.78 Å². The number of aromatic nitrogens is 5. The van der Waals surface area contributed by atoms with E-state index in [9.17, 15) is 4.79 Å². The standard InChI is InChI=1S/C11H15N5O/c1-3-4-16-11(12-7-14-16)5-10(17)9-6-15(2)8-13-9/h6-8H,3-5H2,1-2H3. The minimum absolute atomic E-state index is 0.0315. The second-order valence-corrected chi connectivity index (χ2v) is 3.92. The number of imidazole rings is 1. The van der Waals surface area contributed by atoms with E-state index in [2.05, 4.69) is 22.0 Å². The Morgan fingerprint density at radius 2 is 2.24 bits per heavy atom. The molecule has 0 radical (unpaired) electrons. The summed E-state index contributed by atoms with van der Waals surface area (Å²) in [7, 11) is 1.84. The van der Waals surface area contributed by atoms with Gasteiger partial charge in [-0.2, -0.15) is 5.10 Å². The van der Waals surface area contributed by atoms with Crippen molar-refractivity contribution in [2.24, 2.45) is 7.05 Å². The fourth-order valence-electron chi connectivity index (χ4n) is 1.61. The highest BCUT2D eigenvalue weighted by atomic mass is 16.1. The molecule has 2 aromatic heterocycles. The first-order valence-electron chi connectivity index (χ1n) is 5.58. The van der Waals surface area contributed by atoms with Gasteiger partial charge in [-0.15, -0.1) is 0 Å². The van der Waals surface area contributed by atoms with Gasteiger partial charge in [-0.25, -0.2) is 14.6 Å². The van der Waals surface area contributed by atoms with Gasteiger partial charge < -0.3 is 4.57 Å². The SMILES string of the molecule is CCCn1ncnc1CC(=O)c1cn(C)cn1. The van der Waals surface area contributed by atoms with E-state index in [4.69, 9.17) is 0 Å². The highest BCUT2D eigenvalue weighted by Gasteiger charge is 2.13. The molecule has 0 aliphatic heterocycles. The van der Waals surface area contributed by atoms with Gasteiger partial charge in [-0.05, 0) is 6.42 Å². The van der Waals surface area contributed by atoms with E-state index < -0.39 is 0 Å². The molecule has 0 aliphatic rings.